The van der Waals surface area contributed by atoms with Crippen LogP contribution in [0.15, 0.2) is 47.5 Å². The van der Waals surface area contributed by atoms with Gasteiger partial charge in [-0.2, -0.15) is 0 Å². The molecule has 0 N–H and O–H groups in total. The zero-order valence-electron chi connectivity index (χ0n) is 10.4. The van der Waals surface area contributed by atoms with Crippen LogP contribution in [-0.4, -0.2) is 18.0 Å². The van der Waals surface area contributed by atoms with E-state index in [1.165, 1.54) is 0 Å². The summed E-state index contributed by atoms with van der Waals surface area (Å²) in [5.74, 6) is 1.54. The molecule has 0 bridgehead atoms. The lowest BCUT2D eigenvalue weighted by atomic mass is 10.2. The summed E-state index contributed by atoms with van der Waals surface area (Å²) in [5, 5.41) is 0.754. The van der Waals surface area contributed by atoms with E-state index in [0.717, 1.165) is 32.4 Å². The summed E-state index contributed by atoms with van der Waals surface area (Å²) in [6, 6.07) is 13.8. The molecule has 4 nitrogen and oxygen atoms in total. The normalized spacial score (nSPS) is 13.4. The monoisotopic (exact) mass is 282 g/mol. The molecule has 1 aliphatic heterocycles. The van der Waals surface area contributed by atoms with E-state index in [9.17, 15) is 0 Å². The number of fused-ring (bicyclic) bond motifs is 2. The van der Waals surface area contributed by atoms with Crippen LogP contribution in [0.3, 0.4) is 0 Å². The van der Waals surface area contributed by atoms with Gasteiger partial charge in [0, 0.05) is 6.21 Å². The lowest BCUT2D eigenvalue weighted by Crippen LogP contribution is -1.92. The fraction of sp³-hybridized carbons (Fsp3) is 0.0667. The highest BCUT2D eigenvalue weighted by molar-refractivity contribution is 7.22. The SMILES string of the molecule is C(=Nc1nc2ccccc2s1)c1ccc2c(c1)OCO2. The Hall–Kier alpha value is -2.40. The summed E-state index contributed by atoms with van der Waals surface area (Å²) in [7, 11) is 0. The topological polar surface area (TPSA) is 43.7 Å². The quantitative estimate of drug-likeness (QED) is 0.672. The van der Waals surface area contributed by atoms with Crippen molar-refractivity contribution in [1.82, 2.24) is 4.98 Å². The molecule has 98 valence electrons. The third kappa shape index (κ3) is 2.02. The summed E-state index contributed by atoms with van der Waals surface area (Å²) in [6.45, 7) is 0.286. The largest absolute Gasteiger partial charge is 0.454 e. The van der Waals surface area contributed by atoms with Crippen molar-refractivity contribution in [3.8, 4) is 11.5 Å². The zero-order chi connectivity index (χ0) is 13.4. The van der Waals surface area contributed by atoms with Crippen LogP contribution in [0, 0.1) is 0 Å². The second kappa shape index (κ2) is 4.61. The molecule has 3 aromatic rings. The first kappa shape index (κ1) is 11.4. The minimum absolute atomic E-state index is 0.286. The Morgan fingerprint density at radius 2 is 2.00 bits per heavy atom. The number of hydrogen-bond donors (Lipinski definition) is 0. The number of rotatable bonds is 2. The molecule has 0 radical (unpaired) electrons. The van der Waals surface area contributed by atoms with Gasteiger partial charge in [-0.15, -0.1) is 0 Å². The molecule has 0 spiro atoms. The van der Waals surface area contributed by atoms with E-state index >= 15 is 0 Å². The van der Waals surface area contributed by atoms with E-state index in [1.54, 1.807) is 17.6 Å². The number of aromatic nitrogens is 1. The molecule has 2 aromatic carbocycles. The van der Waals surface area contributed by atoms with Crippen molar-refractivity contribution in [2.75, 3.05) is 6.79 Å². The van der Waals surface area contributed by atoms with E-state index in [2.05, 4.69) is 9.98 Å². The van der Waals surface area contributed by atoms with Crippen molar-refractivity contribution in [3.63, 3.8) is 0 Å². The first-order chi connectivity index (χ1) is 9.88. The Labute approximate surface area is 119 Å². The summed E-state index contributed by atoms with van der Waals surface area (Å²) in [5.41, 5.74) is 1.95. The van der Waals surface area contributed by atoms with E-state index < -0.39 is 0 Å². The van der Waals surface area contributed by atoms with E-state index in [4.69, 9.17) is 9.47 Å². The van der Waals surface area contributed by atoms with Gasteiger partial charge in [0.25, 0.3) is 0 Å². The van der Waals surface area contributed by atoms with Crippen molar-refractivity contribution in [1.29, 1.82) is 0 Å². The molecule has 5 heteroatoms. The first-order valence-corrected chi connectivity index (χ1v) is 6.99. The highest BCUT2D eigenvalue weighted by atomic mass is 32.1. The molecular weight excluding hydrogens is 272 g/mol. The summed E-state index contributed by atoms with van der Waals surface area (Å²) in [6.07, 6.45) is 1.79. The maximum atomic E-state index is 5.34. The standard InChI is InChI=1S/C15H10N2O2S/c1-2-4-14-11(3-1)17-15(20-14)16-8-10-5-6-12-13(7-10)19-9-18-12/h1-8H,9H2. The molecule has 2 heterocycles. The summed E-state index contributed by atoms with van der Waals surface area (Å²) >= 11 is 1.58. The van der Waals surface area contributed by atoms with Crippen LogP contribution in [0.2, 0.25) is 0 Å². The van der Waals surface area contributed by atoms with Crippen LogP contribution in [0.4, 0.5) is 5.13 Å². The Bertz CT molecular complexity index is 777. The second-order valence-corrected chi connectivity index (χ2v) is 5.34. The van der Waals surface area contributed by atoms with Gasteiger partial charge >= 0.3 is 0 Å². The fourth-order valence-electron chi connectivity index (χ4n) is 2.04. The van der Waals surface area contributed by atoms with Gasteiger partial charge < -0.3 is 9.47 Å². The first-order valence-electron chi connectivity index (χ1n) is 6.18. The molecule has 0 unspecified atom stereocenters. The van der Waals surface area contributed by atoms with Gasteiger partial charge in [-0.1, -0.05) is 23.5 Å². The van der Waals surface area contributed by atoms with Crippen molar-refractivity contribution in [2.24, 2.45) is 4.99 Å². The highest BCUT2D eigenvalue weighted by Gasteiger charge is 2.12. The van der Waals surface area contributed by atoms with Crippen LogP contribution in [0.5, 0.6) is 11.5 Å². The number of para-hydroxylation sites is 1. The molecule has 0 aliphatic carbocycles. The Kier molecular flexibility index (Phi) is 2.63. The van der Waals surface area contributed by atoms with Crippen LogP contribution in [0.1, 0.15) is 5.56 Å². The van der Waals surface area contributed by atoms with Crippen LogP contribution >= 0.6 is 11.3 Å². The number of nitrogens with zero attached hydrogens (tertiary/aromatic N) is 2. The van der Waals surface area contributed by atoms with Gasteiger partial charge in [-0.3, -0.25) is 0 Å². The average Bonchev–Trinajstić information content (AvgIpc) is 3.10. The lowest BCUT2D eigenvalue weighted by Gasteiger charge is -1.96. The number of benzene rings is 2. The maximum Gasteiger partial charge on any atom is 0.231 e. The minimum atomic E-state index is 0.286. The number of ether oxygens (including phenoxy) is 2. The molecule has 1 aliphatic rings. The minimum Gasteiger partial charge on any atom is -0.454 e. The third-order valence-electron chi connectivity index (χ3n) is 3.00. The molecule has 20 heavy (non-hydrogen) atoms. The molecule has 0 atom stereocenters. The molecular formula is C15H10N2O2S. The molecule has 4 rings (SSSR count). The predicted molar refractivity (Wildman–Crippen MR) is 79.4 cm³/mol. The smallest absolute Gasteiger partial charge is 0.231 e. The number of hydrogen-bond acceptors (Lipinski definition) is 5. The van der Waals surface area contributed by atoms with Crippen LogP contribution in [0.25, 0.3) is 10.2 Å². The van der Waals surface area contributed by atoms with Gasteiger partial charge in [0.15, 0.2) is 11.5 Å². The molecule has 1 aromatic heterocycles. The van der Waals surface area contributed by atoms with Gasteiger partial charge in [0.05, 0.1) is 10.2 Å². The van der Waals surface area contributed by atoms with Crippen LogP contribution in [-0.2, 0) is 0 Å². The van der Waals surface area contributed by atoms with Crippen LogP contribution < -0.4 is 9.47 Å². The van der Waals surface area contributed by atoms with Gasteiger partial charge in [-0.05, 0) is 35.9 Å². The Balaban J connectivity index is 1.64. The molecule has 0 saturated heterocycles. The van der Waals surface area contributed by atoms with Crippen molar-refractivity contribution in [3.05, 3.63) is 48.0 Å². The molecule has 0 amide bonds. The maximum absolute atomic E-state index is 5.34. The number of thiazole rings is 1. The zero-order valence-corrected chi connectivity index (χ0v) is 11.3. The van der Waals surface area contributed by atoms with E-state index in [-0.39, 0.29) is 6.79 Å². The van der Waals surface area contributed by atoms with Gasteiger partial charge in [0.2, 0.25) is 11.9 Å². The Morgan fingerprint density at radius 1 is 1.10 bits per heavy atom. The van der Waals surface area contributed by atoms with Gasteiger partial charge in [0.1, 0.15) is 0 Å². The fourth-order valence-corrected chi connectivity index (χ4v) is 2.85. The third-order valence-corrected chi connectivity index (χ3v) is 3.95. The van der Waals surface area contributed by atoms with E-state index in [0.29, 0.717) is 0 Å². The van der Waals surface area contributed by atoms with Crippen molar-refractivity contribution >= 4 is 32.9 Å². The van der Waals surface area contributed by atoms with Crippen molar-refractivity contribution in [2.45, 2.75) is 0 Å². The lowest BCUT2D eigenvalue weighted by molar-refractivity contribution is 0.174. The molecule has 0 fully saturated rings. The Morgan fingerprint density at radius 3 is 2.95 bits per heavy atom. The summed E-state index contributed by atoms with van der Waals surface area (Å²) < 4.78 is 11.8. The van der Waals surface area contributed by atoms with Gasteiger partial charge in [-0.25, -0.2) is 9.98 Å². The highest BCUT2D eigenvalue weighted by Crippen LogP contribution is 2.32. The predicted octanol–water partition coefficient (Wildman–Crippen LogP) is 3.78. The number of aliphatic imine (C=N–C) groups is 1. The second-order valence-electron chi connectivity index (χ2n) is 4.34. The van der Waals surface area contributed by atoms with E-state index in [1.807, 2.05) is 42.5 Å². The average molecular weight is 282 g/mol. The molecule has 0 saturated carbocycles. The summed E-state index contributed by atoms with van der Waals surface area (Å²) in [4.78, 5) is 8.89. The van der Waals surface area contributed by atoms with Crippen molar-refractivity contribution < 1.29 is 9.47 Å².